The molecule has 27 heavy (non-hydrogen) atoms. The molecule has 2 aromatic carbocycles. The van der Waals surface area contributed by atoms with Crippen LogP contribution in [0.4, 0.5) is 5.69 Å². The summed E-state index contributed by atoms with van der Waals surface area (Å²) in [5.74, 6) is 2.11. The van der Waals surface area contributed by atoms with Gasteiger partial charge in [0.1, 0.15) is 11.5 Å². The Hall–Kier alpha value is -2.18. The number of carbonyl (C=O) groups excluding carboxylic acids is 1. The summed E-state index contributed by atoms with van der Waals surface area (Å²) in [6.07, 6.45) is 0.862. The largest absolute Gasteiger partial charge is 0.497 e. The normalized spacial score (nSPS) is 18.0. The van der Waals surface area contributed by atoms with E-state index in [1.54, 1.807) is 48.0 Å². The molecule has 1 amide bonds. The van der Waals surface area contributed by atoms with Crippen LogP contribution >= 0.6 is 23.4 Å². The zero-order valence-electron chi connectivity index (χ0n) is 15.2. The van der Waals surface area contributed by atoms with Gasteiger partial charge >= 0.3 is 0 Å². The topological polar surface area (TPSA) is 51.1 Å². The fraction of sp³-hybridized carbons (Fsp3) is 0.300. The number of halogens is 1. The number of benzene rings is 2. The van der Waals surface area contributed by atoms with Crippen LogP contribution in [0.2, 0.25) is 5.02 Å². The van der Waals surface area contributed by atoms with Gasteiger partial charge in [-0.15, -0.1) is 0 Å². The summed E-state index contributed by atoms with van der Waals surface area (Å²) in [6, 6.07) is 14.5. The van der Waals surface area contributed by atoms with E-state index >= 15 is 0 Å². The number of nitrogens with zero attached hydrogens (tertiary/aromatic N) is 2. The summed E-state index contributed by atoms with van der Waals surface area (Å²) in [5.41, 5.74) is 0.784. The van der Waals surface area contributed by atoms with Crippen LogP contribution < -0.4 is 9.47 Å². The van der Waals surface area contributed by atoms with E-state index in [1.165, 1.54) is 0 Å². The summed E-state index contributed by atoms with van der Waals surface area (Å²) < 4.78 is 10.8. The summed E-state index contributed by atoms with van der Waals surface area (Å²) in [6.45, 7) is 2.03. The van der Waals surface area contributed by atoms with Crippen LogP contribution in [-0.4, -0.2) is 41.5 Å². The molecular weight excluding hydrogens is 384 g/mol. The zero-order valence-corrected chi connectivity index (χ0v) is 16.8. The van der Waals surface area contributed by atoms with E-state index in [-0.39, 0.29) is 18.6 Å². The van der Waals surface area contributed by atoms with Crippen molar-refractivity contribution in [1.29, 1.82) is 0 Å². The molecule has 0 aromatic heterocycles. The fourth-order valence-corrected chi connectivity index (χ4v) is 4.09. The first kappa shape index (κ1) is 19.6. The number of hydrogen-bond acceptors (Lipinski definition) is 5. The van der Waals surface area contributed by atoms with E-state index in [2.05, 4.69) is 11.9 Å². The van der Waals surface area contributed by atoms with Gasteiger partial charge in [-0.2, -0.15) is 0 Å². The third-order valence-corrected chi connectivity index (χ3v) is 5.54. The predicted octanol–water partition coefficient (Wildman–Crippen LogP) is 4.77. The second-order valence-corrected chi connectivity index (χ2v) is 7.40. The number of carbonyl (C=O) groups is 1. The average Bonchev–Trinajstić information content (AvgIpc) is 3.10. The molecule has 2 aromatic rings. The van der Waals surface area contributed by atoms with E-state index in [0.29, 0.717) is 15.9 Å². The molecule has 0 aliphatic carbocycles. The highest BCUT2D eigenvalue weighted by Crippen LogP contribution is 2.29. The van der Waals surface area contributed by atoms with Crippen molar-refractivity contribution in [1.82, 2.24) is 4.90 Å². The molecule has 5 nitrogen and oxygen atoms in total. The third kappa shape index (κ3) is 4.96. The molecule has 1 heterocycles. The number of amidine groups is 1. The van der Waals surface area contributed by atoms with Crippen molar-refractivity contribution in [2.75, 3.05) is 19.5 Å². The maximum Gasteiger partial charge on any atom is 0.266 e. The van der Waals surface area contributed by atoms with Crippen LogP contribution in [-0.2, 0) is 4.79 Å². The lowest BCUT2D eigenvalue weighted by molar-refractivity contribution is -0.130. The zero-order chi connectivity index (χ0) is 19.2. The first-order valence-corrected chi connectivity index (χ1v) is 10.0. The number of ether oxygens (including phenoxy) is 2. The van der Waals surface area contributed by atoms with Crippen LogP contribution in [0, 0.1) is 0 Å². The van der Waals surface area contributed by atoms with Crippen molar-refractivity contribution in [2.24, 2.45) is 4.99 Å². The SMILES string of the molecule is CC[C@H]1CSC(=Nc2ccc(OC)cc2)N1C(=O)COc1ccc(Cl)cc1. The summed E-state index contributed by atoms with van der Waals surface area (Å²) in [4.78, 5) is 19.2. The monoisotopic (exact) mass is 404 g/mol. The Kier molecular flexibility index (Phi) is 6.63. The highest BCUT2D eigenvalue weighted by atomic mass is 35.5. The van der Waals surface area contributed by atoms with E-state index < -0.39 is 0 Å². The molecule has 0 N–H and O–H groups in total. The lowest BCUT2D eigenvalue weighted by Crippen LogP contribution is -2.41. The van der Waals surface area contributed by atoms with Crippen LogP contribution in [0.3, 0.4) is 0 Å². The Labute approximate surface area is 168 Å². The molecule has 0 spiro atoms. The number of thioether (sulfide) groups is 1. The molecule has 0 unspecified atom stereocenters. The number of rotatable bonds is 6. The minimum atomic E-state index is -0.103. The molecule has 1 aliphatic rings. The minimum absolute atomic E-state index is 0.0413. The fourth-order valence-electron chi connectivity index (χ4n) is 2.68. The smallest absolute Gasteiger partial charge is 0.266 e. The molecule has 3 rings (SSSR count). The van der Waals surface area contributed by atoms with Crippen LogP contribution in [0.5, 0.6) is 11.5 Å². The van der Waals surface area contributed by atoms with Crippen molar-refractivity contribution in [3.63, 3.8) is 0 Å². The van der Waals surface area contributed by atoms with Crippen LogP contribution in [0.1, 0.15) is 13.3 Å². The second kappa shape index (κ2) is 9.15. The van der Waals surface area contributed by atoms with Crippen molar-refractivity contribution in [3.05, 3.63) is 53.6 Å². The van der Waals surface area contributed by atoms with Gasteiger partial charge in [0.2, 0.25) is 0 Å². The van der Waals surface area contributed by atoms with Gasteiger partial charge in [-0.05, 0) is 55.0 Å². The first-order chi connectivity index (χ1) is 13.1. The molecule has 1 fully saturated rings. The maximum atomic E-state index is 12.8. The highest BCUT2D eigenvalue weighted by Gasteiger charge is 2.34. The Balaban J connectivity index is 1.73. The number of hydrogen-bond donors (Lipinski definition) is 0. The summed E-state index contributed by atoms with van der Waals surface area (Å²) >= 11 is 7.46. The number of aliphatic imine (C=N–C) groups is 1. The van der Waals surface area contributed by atoms with E-state index in [0.717, 1.165) is 23.6 Å². The standard InChI is InChI=1S/C20H21ClN2O3S/c1-3-16-13-27-20(22-15-6-10-17(25-2)11-7-15)23(16)19(24)12-26-18-8-4-14(21)5-9-18/h4-11,16H,3,12-13H2,1-2H3/t16-/m0/s1. The lowest BCUT2D eigenvalue weighted by atomic mass is 10.2. The van der Waals surface area contributed by atoms with Gasteiger partial charge in [-0.3, -0.25) is 9.69 Å². The molecule has 1 atom stereocenters. The van der Waals surface area contributed by atoms with Crippen molar-refractivity contribution >= 4 is 40.1 Å². The number of amides is 1. The molecule has 0 saturated carbocycles. The van der Waals surface area contributed by atoms with Gasteiger partial charge in [0.05, 0.1) is 12.8 Å². The number of methoxy groups -OCH3 is 1. The molecular formula is C20H21ClN2O3S. The Morgan fingerprint density at radius 1 is 1.19 bits per heavy atom. The third-order valence-electron chi connectivity index (χ3n) is 4.19. The molecule has 7 heteroatoms. The van der Waals surface area contributed by atoms with Gasteiger partial charge in [-0.1, -0.05) is 30.3 Å². The van der Waals surface area contributed by atoms with E-state index in [1.807, 2.05) is 24.3 Å². The Morgan fingerprint density at radius 3 is 2.48 bits per heavy atom. The first-order valence-electron chi connectivity index (χ1n) is 8.66. The Bertz CT molecular complexity index is 809. The maximum absolute atomic E-state index is 12.8. The van der Waals surface area contributed by atoms with Crippen molar-refractivity contribution in [3.8, 4) is 11.5 Å². The van der Waals surface area contributed by atoms with Crippen LogP contribution in [0.25, 0.3) is 0 Å². The predicted molar refractivity (Wildman–Crippen MR) is 110 cm³/mol. The van der Waals surface area contributed by atoms with Gasteiger partial charge in [0.15, 0.2) is 11.8 Å². The second-order valence-electron chi connectivity index (χ2n) is 5.97. The molecule has 142 valence electrons. The van der Waals surface area contributed by atoms with E-state index in [4.69, 9.17) is 21.1 Å². The molecule has 1 saturated heterocycles. The van der Waals surface area contributed by atoms with Crippen molar-refractivity contribution in [2.45, 2.75) is 19.4 Å². The van der Waals surface area contributed by atoms with Crippen LogP contribution in [0.15, 0.2) is 53.5 Å². The summed E-state index contributed by atoms with van der Waals surface area (Å²) in [7, 11) is 1.63. The summed E-state index contributed by atoms with van der Waals surface area (Å²) in [5, 5.41) is 1.33. The average molecular weight is 405 g/mol. The Morgan fingerprint density at radius 2 is 1.85 bits per heavy atom. The van der Waals surface area contributed by atoms with Gasteiger partial charge in [0, 0.05) is 16.8 Å². The lowest BCUT2D eigenvalue weighted by Gasteiger charge is -2.23. The van der Waals surface area contributed by atoms with Gasteiger partial charge in [-0.25, -0.2) is 4.99 Å². The van der Waals surface area contributed by atoms with Crippen molar-refractivity contribution < 1.29 is 14.3 Å². The molecule has 1 aliphatic heterocycles. The van der Waals surface area contributed by atoms with E-state index in [9.17, 15) is 4.79 Å². The van der Waals surface area contributed by atoms with Gasteiger partial charge in [0.25, 0.3) is 5.91 Å². The van der Waals surface area contributed by atoms with Gasteiger partial charge < -0.3 is 9.47 Å². The molecule has 0 radical (unpaired) electrons. The minimum Gasteiger partial charge on any atom is -0.497 e. The quantitative estimate of drug-likeness (QED) is 0.695. The highest BCUT2D eigenvalue weighted by molar-refractivity contribution is 8.14. The molecule has 0 bridgehead atoms.